The van der Waals surface area contributed by atoms with Gasteiger partial charge < -0.3 is 15.4 Å². The first-order valence-corrected chi connectivity index (χ1v) is 7.04. The van der Waals surface area contributed by atoms with Crippen LogP contribution in [0.5, 0.6) is 0 Å². The van der Waals surface area contributed by atoms with Crippen molar-refractivity contribution in [2.75, 3.05) is 25.2 Å². The maximum Gasteiger partial charge on any atom is 0.140 e. The maximum absolute atomic E-state index is 7.84. The van der Waals surface area contributed by atoms with Gasteiger partial charge in [0, 0.05) is 25.1 Å². The highest BCUT2D eigenvalue weighted by molar-refractivity contribution is 6.03. The molecule has 0 aliphatic carbocycles. The largest absolute Gasteiger partial charge is 0.384 e. The monoisotopic (exact) mass is 286 g/mol. The lowest BCUT2D eigenvalue weighted by Gasteiger charge is -2.29. The molecule has 2 aromatic rings. The first-order chi connectivity index (χ1) is 10.0. The predicted octanol–water partition coefficient (Wildman–Crippen LogP) is 2.38. The minimum Gasteiger partial charge on any atom is -0.384 e. The van der Waals surface area contributed by atoms with E-state index in [9.17, 15) is 0 Å². The van der Waals surface area contributed by atoms with E-state index >= 15 is 0 Å². The summed E-state index contributed by atoms with van der Waals surface area (Å²) in [5.74, 6) is 0.777. The Balaban J connectivity index is 2.57. The Hall–Kier alpha value is -2.14. The number of aromatic nitrogens is 1. The van der Waals surface area contributed by atoms with Crippen LogP contribution in [0.15, 0.2) is 30.3 Å². The van der Waals surface area contributed by atoms with E-state index in [1.165, 1.54) is 0 Å². The summed E-state index contributed by atoms with van der Waals surface area (Å²) in [6.45, 7) is 5.50. The van der Waals surface area contributed by atoms with Gasteiger partial charge in [-0.3, -0.25) is 5.41 Å². The summed E-state index contributed by atoms with van der Waals surface area (Å²) < 4.78 is 5.18. The second kappa shape index (κ2) is 6.54. The van der Waals surface area contributed by atoms with Gasteiger partial charge in [0.2, 0.25) is 0 Å². The van der Waals surface area contributed by atoms with Gasteiger partial charge in [0.05, 0.1) is 17.7 Å². The number of hydrogen-bond donors (Lipinski definition) is 2. The normalized spacial score (nSPS) is 11.0. The molecule has 0 spiro atoms. The molecule has 0 bridgehead atoms. The quantitative estimate of drug-likeness (QED) is 0.631. The van der Waals surface area contributed by atoms with Crippen LogP contribution >= 0.6 is 0 Å². The molecule has 0 aliphatic heterocycles. The molecule has 2 rings (SSSR count). The number of nitrogen functional groups attached to an aromatic ring is 1. The van der Waals surface area contributed by atoms with Crippen LogP contribution in [0.2, 0.25) is 0 Å². The lowest BCUT2D eigenvalue weighted by molar-refractivity contribution is 0.203. The minimum absolute atomic E-state index is 0.0336. The molecule has 5 heteroatoms. The van der Waals surface area contributed by atoms with Crippen LogP contribution in [0.4, 0.5) is 5.82 Å². The molecule has 0 radical (unpaired) electrons. The van der Waals surface area contributed by atoms with Gasteiger partial charge in [-0.2, -0.15) is 0 Å². The Morgan fingerprint density at radius 2 is 2.10 bits per heavy atom. The fraction of sp³-hybridized carbons (Fsp3) is 0.375. The van der Waals surface area contributed by atoms with E-state index in [0.29, 0.717) is 18.7 Å². The number of rotatable bonds is 6. The third kappa shape index (κ3) is 3.31. The van der Waals surface area contributed by atoms with Crippen LogP contribution in [-0.2, 0) is 4.74 Å². The molecule has 0 unspecified atom stereocenters. The second-order valence-electron chi connectivity index (χ2n) is 5.25. The molecular formula is C16H22N4O. The summed E-state index contributed by atoms with van der Waals surface area (Å²) in [6.07, 6.45) is 0. The highest BCUT2D eigenvalue weighted by Gasteiger charge is 2.18. The van der Waals surface area contributed by atoms with Crippen molar-refractivity contribution in [2.24, 2.45) is 5.73 Å². The molecule has 1 aromatic carbocycles. The summed E-state index contributed by atoms with van der Waals surface area (Å²) in [5, 5.41) is 8.83. The van der Waals surface area contributed by atoms with Crippen molar-refractivity contribution in [2.45, 2.75) is 19.9 Å². The molecular weight excluding hydrogens is 264 g/mol. The van der Waals surface area contributed by atoms with E-state index in [2.05, 4.69) is 18.7 Å². The molecule has 1 heterocycles. The van der Waals surface area contributed by atoms with Crippen molar-refractivity contribution in [1.82, 2.24) is 4.98 Å². The Labute approximate surface area is 125 Å². The maximum atomic E-state index is 7.84. The summed E-state index contributed by atoms with van der Waals surface area (Å²) in [7, 11) is 1.68. The van der Waals surface area contributed by atoms with E-state index in [-0.39, 0.29) is 11.9 Å². The van der Waals surface area contributed by atoms with Crippen molar-refractivity contribution in [1.29, 1.82) is 5.41 Å². The molecule has 0 saturated heterocycles. The molecule has 0 saturated carbocycles. The van der Waals surface area contributed by atoms with Gasteiger partial charge in [0.15, 0.2) is 0 Å². The molecule has 0 fully saturated rings. The van der Waals surface area contributed by atoms with E-state index in [1.54, 1.807) is 7.11 Å². The highest BCUT2D eigenvalue weighted by atomic mass is 16.5. The number of benzene rings is 1. The third-order valence-electron chi connectivity index (χ3n) is 3.43. The zero-order valence-corrected chi connectivity index (χ0v) is 12.8. The van der Waals surface area contributed by atoms with Crippen LogP contribution in [0, 0.1) is 5.41 Å². The standard InChI is InChI=1S/C16H22N4O/c1-11(2)20(8-9-21-3)16-13(15(17)18)10-12-6-4-5-7-14(12)19-16/h4-7,10-11H,8-9H2,1-3H3,(H3,17,18). The molecule has 1 aromatic heterocycles. The smallest absolute Gasteiger partial charge is 0.140 e. The fourth-order valence-corrected chi connectivity index (χ4v) is 2.32. The van der Waals surface area contributed by atoms with Crippen LogP contribution in [0.25, 0.3) is 10.9 Å². The minimum atomic E-state index is 0.0336. The van der Waals surface area contributed by atoms with Crippen molar-refractivity contribution in [3.8, 4) is 0 Å². The molecule has 5 nitrogen and oxygen atoms in total. The van der Waals surface area contributed by atoms with E-state index in [4.69, 9.17) is 20.9 Å². The number of pyridine rings is 1. The number of nitrogens with two attached hydrogens (primary N) is 1. The number of fused-ring (bicyclic) bond motifs is 1. The van der Waals surface area contributed by atoms with Crippen LogP contribution < -0.4 is 10.6 Å². The Morgan fingerprint density at radius 3 is 2.71 bits per heavy atom. The fourth-order valence-electron chi connectivity index (χ4n) is 2.32. The van der Waals surface area contributed by atoms with Gasteiger partial charge in [0.1, 0.15) is 11.7 Å². The van der Waals surface area contributed by atoms with Gasteiger partial charge >= 0.3 is 0 Å². The van der Waals surface area contributed by atoms with Crippen molar-refractivity contribution in [3.05, 3.63) is 35.9 Å². The number of amidine groups is 1. The lowest BCUT2D eigenvalue weighted by atomic mass is 10.1. The molecule has 0 atom stereocenters. The average Bonchev–Trinajstić information content (AvgIpc) is 2.46. The van der Waals surface area contributed by atoms with Crippen molar-refractivity contribution in [3.63, 3.8) is 0 Å². The number of ether oxygens (including phenoxy) is 1. The number of anilines is 1. The van der Waals surface area contributed by atoms with Gasteiger partial charge in [-0.25, -0.2) is 4.98 Å². The molecule has 0 aliphatic rings. The molecule has 21 heavy (non-hydrogen) atoms. The Kier molecular flexibility index (Phi) is 4.75. The van der Waals surface area contributed by atoms with Gasteiger partial charge in [-0.15, -0.1) is 0 Å². The summed E-state index contributed by atoms with van der Waals surface area (Å²) in [4.78, 5) is 6.84. The topological polar surface area (TPSA) is 75.2 Å². The predicted molar refractivity (Wildman–Crippen MR) is 87.1 cm³/mol. The van der Waals surface area contributed by atoms with E-state index in [0.717, 1.165) is 16.7 Å². The van der Waals surface area contributed by atoms with Crippen molar-refractivity contribution < 1.29 is 4.74 Å². The number of hydrogen-bond acceptors (Lipinski definition) is 4. The van der Waals surface area contributed by atoms with Crippen molar-refractivity contribution >= 4 is 22.6 Å². The zero-order valence-electron chi connectivity index (χ0n) is 12.8. The molecule has 3 N–H and O–H groups in total. The van der Waals surface area contributed by atoms with E-state index in [1.807, 2.05) is 30.3 Å². The SMILES string of the molecule is COCCN(c1nc2ccccc2cc1C(=N)N)C(C)C. The second-order valence-corrected chi connectivity index (χ2v) is 5.25. The lowest BCUT2D eigenvalue weighted by Crippen LogP contribution is -2.36. The first-order valence-electron chi connectivity index (χ1n) is 7.04. The number of nitrogens with zero attached hydrogens (tertiary/aromatic N) is 2. The van der Waals surface area contributed by atoms with Gasteiger partial charge in [-0.1, -0.05) is 18.2 Å². The van der Waals surface area contributed by atoms with Crippen LogP contribution in [-0.4, -0.2) is 37.1 Å². The Bertz CT molecular complexity index is 639. The summed E-state index contributed by atoms with van der Waals surface area (Å²) in [6, 6.07) is 10.0. The first kappa shape index (κ1) is 15.3. The Morgan fingerprint density at radius 1 is 1.38 bits per heavy atom. The molecule has 0 amide bonds. The highest BCUT2D eigenvalue weighted by Crippen LogP contribution is 2.24. The summed E-state index contributed by atoms with van der Waals surface area (Å²) >= 11 is 0. The third-order valence-corrected chi connectivity index (χ3v) is 3.43. The van der Waals surface area contributed by atoms with Crippen LogP contribution in [0.1, 0.15) is 19.4 Å². The van der Waals surface area contributed by atoms with Gasteiger partial charge in [0.25, 0.3) is 0 Å². The van der Waals surface area contributed by atoms with E-state index < -0.39 is 0 Å². The number of methoxy groups -OCH3 is 1. The number of para-hydroxylation sites is 1. The summed E-state index contributed by atoms with van der Waals surface area (Å²) in [5.41, 5.74) is 7.33. The van der Waals surface area contributed by atoms with Gasteiger partial charge in [-0.05, 0) is 26.0 Å². The molecule has 112 valence electrons. The zero-order chi connectivity index (χ0) is 15.4. The number of nitrogens with one attached hydrogen (secondary N) is 1. The average molecular weight is 286 g/mol. The van der Waals surface area contributed by atoms with Crippen LogP contribution in [0.3, 0.4) is 0 Å².